The first-order chi connectivity index (χ1) is 19.4. The Balaban J connectivity index is 1.30. The van der Waals surface area contributed by atoms with Crippen LogP contribution < -0.4 is 4.90 Å². The molecule has 1 aromatic carbocycles. The van der Waals surface area contributed by atoms with Crippen molar-refractivity contribution in [2.75, 3.05) is 18.5 Å². The van der Waals surface area contributed by atoms with Crippen LogP contribution >= 0.6 is 11.3 Å². The van der Waals surface area contributed by atoms with Crippen molar-refractivity contribution in [3.63, 3.8) is 0 Å². The number of benzene rings is 1. The summed E-state index contributed by atoms with van der Waals surface area (Å²) in [5.41, 5.74) is 5.06. The quantitative estimate of drug-likeness (QED) is 0.363. The Morgan fingerprint density at radius 3 is 2.62 bits per heavy atom. The van der Waals surface area contributed by atoms with Gasteiger partial charge in [-0.15, -0.1) is 11.3 Å². The number of rotatable bonds is 9. The van der Waals surface area contributed by atoms with Gasteiger partial charge in [0, 0.05) is 48.3 Å². The van der Waals surface area contributed by atoms with Crippen LogP contribution in [0.4, 0.5) is 5.13 Å². The van der Waals surface area contributed by atoms with Crippen LogP contribution in [0.15, 0.2) is 41.9 Å². The summed E-state index contributed by atoms with van der Waals surface area (Å²) in [4.78, 5) is 51.1. The number of thiazole rings is 1. The van der Waals surface area contributed by atoms with Crippen molar-refractivity contribution in [3.8, 4) is 22.4 Å². The molecule has 0 spiro atoms. The van der Waals surface area contributed by atoms with Crippen molar-refractivity contribution in [1.29, 1.82) is 0 Å². The summed E-state index contributed by atoms with van der Waals surface area (Å²) in [5.74, 6) is -1.17. The molecule has 2 saturated carbocycles. The van der Waals surface area contributed by atoms with Gasteiger partial charge in [-0.05, 0) is 48.8 Å². The summed E-state index contributed by atoms with van der Waals surface area (Å²) in [7, 11) is 1.80. The number of hydrogen-bond donors (Lipinski definition) is 1. The van der Waals surface area contributed by atoms with E-state index in [4.69, 9.17) is 4.98 Å². The average molecular weight is 559 g/mol. The zero-order chi connectivity index (χ0) is 27.8. The van der Waals surface area contributed by atoms with Crippen molar-refractivity contribution in [2.24, 2.45) is 11.8 Å². The Morgan fingerprint density at radius 2 is 1.90 bits per heavy atom. The predicted octanol–water partition coefficient (Wildman–Crippen LogP) is 5.67. The number of carbonyl (C=O) groups excluding carboxylic acids is 2. The van der Waals surface area contributed by atoms with Gasteiger partial charge in [0.05, 0.1) is 12.1 Å². The number of carboxylic acid groups (broad SMARTS) is 1. The van der Waals surface area contributed by atoms with Crippen LogP contribution in [0, 0.1) is 11.8 Å². The number of aliphatic carboxylic acids is 1. The fourth-order valence-corrected chi connectivity index (χ4v) is 7.06. The second-order valence-electron chi connectivity index (χ2n) is 11.4. The minimum Gasteiger partial charge on any atom is -0.481 e. The van der Waals surface area contributed by atoms with E-state index in [-0.39, 0.29) is 24.3 Å². The lowest BCUT2D eigenvalue weighted by molar-refractivity contribution is -0.141. The van der Waals surface area contributed by atoms with E-state index in [0.717, 1.165) is 72.9 Å². The fourth-order valence-electron chi connectivity index (χ4n) is 6.16. The zero-order valence-corrected chi connectivity index (χ0v) is 23.5. The third-order valence-corrected chi connectivity index (χ3v) is 9.30. The van der Waals surface area contributed by atoms with Gasteiger partial charge in [0.2, 0.25) is 5.91 Å². The molecule has 1 atom stereocenters. The third-order valence-electron chi connectivity index (χ3n) is 8.46. The van der Waals surface area contributed by atoms with E-state index in [2.05, 4.69) is 11.1 Å². The van der Waals surface area contributed by atoms with E-state index in [0.29, 0.717) is 29.7 Å². The monoisotopic (exact) mass is 558 g/mol. The largest absolute Gasteiger partial charge is 0.481 e. The predicted molar refractivity (Wildman–Crippen MR) is 154 cm³/mol. The first-order valence-corrected chi connectivity index (χ1v) is 15.1. The number of fused-ring (bicyclic) bond motifs is 1. The Hall–Kier alpha value is -3.59. The molecule has 208 valence electrons. The Morgan fingerprint density at radius 1 is 1.15 bits per heavy atom. The van der Waals surface area contributed by atoms with Gasteiger partial charge >= 0.3 is 5.97 Å². The van der Waals surface area contributed by atoms with E-state index < -0.39 is 11.9 Å². The van der Waals surface area contributed by atoms with Crippen LogP contribution in [-0.4, -0.2) is 57.4 Å². The Bertz CT molecular complexity index is 1440. The van der Waals surface area contributed by atoms with Crippen molar-refractivity contribution in [2.45, 2.75) is 63.8 Å². The van der Waals surface area contributed by atoms with Crippen LogP contribution in [0.3, 0.4) is 0 Å². The molecule has 8 nitrogen and oxygen atoms in total. The molecule has 2 fully saturated rings. The molecular formula is C31H34N4O4S. The fraction of sp³-hybridized carbons (Fsp3) is 0.452. The molecule has 0 unspecified atom stereocenters. The number of amides is 2. The average Bonchev–Trinajstić information content (AvgIpc) is 3.42. The number of carbonyl (C=O) groups is 3. The van der Waals surface area contributed by atoms with Gasteiger partial charge in [0.1, 0.15) is 5.69 Å². The normalized spacial score (nSPS) is 18.0. The van der Waals surface area contributed by atoms with Crippen LogP contribution in [0.2, 0.25) is 0 Å². The molecule has 0 bridgehead atoms. The molecule has 2 aromatic heterocycles. The molecule has 2 aliphatic carbocycles. The van der Waals surface area contributed by atoms with Gasteiger partial charge in [0.25, 0.3) is 5.91 Å². The topological polar surface area (TPSA) is 104 Å². The zero-order valence-electron chi connectivity index (χ0n) is 22.7. The smallest absolute Gasteiger partial charge is 0.304 e. The van der Waals surface area contributed by atoms with Crippen molar-refractivity contribution >= 4 is 34.3 Å². The molecule has 9 heteroatoms. The molecule has 1 aliphatic heterocycles. The number of carboxylic acids is 1. The van der Waals surface area contributed by atoms with Gasteiger partial charge in [0.15, 0.2) is 5.13 Å². The number of nitrogens with zero attached hydrogens (tertiary/aromatic N) is 4. The maximum Gasteiger partial charge on any atom is 0.304 e. The highest BCUT2D eigenvalue weighted by molar-refractivity contribution is 7.14. The highest BCUT2D eigenvalue weighted by Crippen LogP contribution is 2.41. The molecule has 0 radical (unpaired) electrons. The van der Waals surface area contributed by atoms with Gasteiger partial charge in [-0.3, -0.25) is 24.3 Å². The number of pyridine rings is 1. The van der Waals surface area contributed by atoms with Gasteiger partial charge < -0.3 is 10.0 Å². The molecule has 0 saturated heterocycles. The first-order valence-electron chi connectivity index (χ1n) is 14.2. The summed E-state index contributed by atoms with van der Waals surface area (Å²) in [5, 5.41) is 12.2. The van der Waals surface area contributed by atoms with E-state index in [1.54, 1.807) is 23.0 Å². The second kappa shape index (κ2) is 11.1. The standard InChI is InChI=1S/C31H34N4O4S/c1-34-13-12-20-15-22(17-32-28(20)30(34)39)24-8-4-5-9-25(24)26-18-40-31(33-26)35(23-10-11-23)29(38)21(16-27(36)37)14-19-6-2-3-7-19/h4-5,8-9,15,17-19,21,23H,2-3,6-7,10-14,16H2,1H3,(H,36,37)/t21-/m1/s1. The molecule has 40 heavy (non-hydrogen) atoms. The van der Waals surface area contributed by atoms with E-state index in [1.165, 1.54) is 11.3 Å². The number of hydrogen-bond acceptors (Lipinski definition) is 6. The third kappa shape index (κ3) is 5.39. The van der Waals surface area contributed by atoms with Gasteiger partial charge in [-0.1, -0.05) is 49.9 Å². The van der Waals surface area contributed by atoms with Gasteiger partial charge in [-0.25, -0.2) is 4.98 Å². The highest BCUT2D eigenvalue weighted by atomic mass is 32.1. The molecule has 3 aromatic rings. The van der Waals surface area contributed by atoms with Crippen molar-refractivity contribution < 1.29 is 19.5 Å². The maximum absolute atomic E-state index is 13.9. The van der Waals surface area contributed by atoms with E-state index in [9.17, 15) is 19.5 Å². The molecule has 3 aliphatic rings. The van der Waals surface area contributed by atoms with E-state index >= 15 is 0 Å². The minimum absolute atomic E-state index is 0.0517. The Kier molecular flexibility index (Phi) is 7.40. The van der Waals surface area contributed by atoms with E-state index in [1.807, 2.05) is 29.6 Å². The lowest BCUT2D eigenvalue weighted by Gasteiger charge is -2.26. The molecule has 1 N–H and O–H groups in total. The van der Waals surface area contributed by atoms with Crippen LogP contribution in [0.5, 0.6) is 0 Å². The number of aromatic nitrogens is 2. The lowest BCUT2D eigenvalue weighted by Crippen LogP contribution is -2.39. The molecular weight excluding hydrogens is 524 g/mol. The van der Waals surface area contributed by atoms with Crippen LogP contribution in [0.1, 0.15) is 67.4 Å². The van der Waals surface area contributed by atoms with Crippen LogP contribution in [0.25, 0.3) is 22.4 Å². The lowest BCUT2D eigenvalue weighted by atomic mass is 9.90. The summed E-state index contributed by atoms with van der Waals surface area (Å²) in [6, 6.07) is 10.1. The SMILES string of the molecule is CN1CCc2cc(-c3ccccc3-c3csc(N(C(=O)[C@@H](CC(=O)O)CC4CCCC4)C4CC4)n3)cnc2C1=O. The maximum atomic E-state index is 13.9. The summed E-state index contributed by atoms with van der Waals surface area (Å²) in [6.07, 6.45) is 9.31. The van der Waals surface area contributed by atoms with Crippen LogP contribution in [-0.2, 0) is 16.0 Å². The van der Waals surface area contributed by atoms with Crippen molar-refractivity contribution in [1.82, 2.24) is 14.9 Å². The first kappa shape index (κ1) is 26.6. The molecule has 6 rings (SSSR count). The second-order valence-corrected chi connectivity index (χ2v) is 12.2. The van der Waals surface area contributed by atoms with Crippen molar-refractivity contribution in [3.05, 3.63) is 53.2 Å². The number of anilines is 1. The van der Waals surface area contributed by atoms with Gasteiger partial charge in [-0.2, -0.15) is 0 Å². The summed E-state index contributed by atoms with van der Waals surface area (Å²) < 4.78 is 0. The minimum atomic E-state index is -0.923. The Labute approximate surface area is 238 Å². The summed E-state index contributed by atoms with van der Waals surface area (Å²) >= 11 is 1.44. The number of likely N-dealkylation sites (N-methyl/N-ethyl adjacent to an activating group) is 1. The highest BCUT2D eigenvalue weighted by Gasteiger charge is 2.40. The molecule has 2 amide bonds. The summed E-state index contributed by atoms with van der Waals surface area (Å²) in [6.45, 7) is 0.669. The molecule has 3 heterocycles.